The smallest absolute Gasteiger partial charge is 0.0926 e. The molecule has 2 heteroatoms. The minimum atomic E-state index is 0.467. The fourth-order valence-electron chi connectivity index (χ4n) is 1.97. The Labute approximate surface area is 105 Å². The molecule has 0 saturated heterocycles. The molecule has 94 valence electrons. The second-order valence-corrected chi connectivity index (χ2v) is 4.36. The normalized spacial score (nSPS) is 14.9. The average molecular weight is 233 g/mol. The van der Waals surface area contributed by atoms with Crippen LogP contribution in [0.15, 0.2) is 48.4 Å². The zero-order chi connectivity index (χ0) is 12.7. The lowest BCUT2D eigenvalue weighted by molar-refractivity contribution is 0.350. The van der Waals surface area contributed by atoms with E-state index in [4.69, 9.17) is 0 Å². The van der Waals surface area contributed by atoms with Crippen LogP contribution in [0.5, 0.6) is 0 Å². The SMILES string of the molecule is C=CCCN(CCC)C(=C)C1=CC=C(O)CC1. The lowest BCUT2D eigenvalue weighted by Crippen LogP contribution is -2.25. The van der Waals surface area contributed by atoms with Gasteiger partial charge < -0.3 is 10.0 Å². The van der Waals surface area contributed by atoms with Crippen LogP contribution in [0.1, 0.15) is 32.6 Å². The maximum Gasteiger partial charge on any atom is 0.0926 e. The number of rotatable bonds is 7. The molecular formula is C15H23NO. The van der Waals surface area contributed by atoms with Gasteiger partial charge in [0.25, 0.3) is 0 Å². The van der Waals surface area contributed by atoms with Gasteiger partial charge in [0, 0.05) is 25.2 Å². The van der Waals surface area contributed by atoms with Crippen molar-refractivity contribution in [3.05, 3.63) is 48.4 Å². The fourth-order valence-corrected chi connectivity index (χ4v) is 1.97. The molecule has 1 N–H and O–H groups in total. The summed E-state index contributed by atoms with van der Waals surface area (Å²) in [7, 11) is 0. The minimum Gasteiger partial charge on any atom is -0.512 e. The van der Waals surface area contributed by atoms with E-state index >= 15 is 0 Å². The molecule has 2 nitrogen and oxygen atoms in total. The van der Waals surface area contributed by atoms with Crippen molar-refractivity contribution in [1.82, 2.24) is 4.90 Å². The Bertz CT molecular complexity index is 339. The molecule has 0 fully saturated rings. The summed E-state index contributed by atoms with van der Waals surface area (Å²) in [6.07, 6.45) is 9.41. The first-order valence-corrected chi connectivity index (χ1v) is 6.32. The van der Waals surface area contributed by atoms with Crippen molar-refractivity contribution in [3.8, 4) is 0 Å². The first-order chi connectivity index (χ1) is 8.19. The van der Waals surface area contributed by atoms with Crippen LogP contribution in [0.4, 0.5) is 0 Å². The quantitative estimate of drug-likeness (QED) is 0.673. The summed E-state index contributed by atoms with van der Waals surface area (Å²) in [5.74, 6) is 0.467. The minimum absolute atomic E-state index is 0.467. The van der Waals surface area contributed by atoms with E-state index in [0.29, 0.717) is 5.76 Å². The third-order valence-electron chi connectivity index (χ3n) is 2.98. The van der Waals surface area contributed by atoms with Crippen LogP contribution in [0.25, 0.3) is 0 Å². The lowest BCUT2D eigenvalue weighted by Gasteiger charge is -2.28. The van der Waals surface area contributed by atoms with Crippen molar-refractivity contribution in [2.75, 3.05) is 13.1 Å². The molecule has 0 atom stereocenters. The number of aliphatic hydroxyl groups excluding tert-OH is 1. The number of aliphatic hydroxyl groups is 1. The maximum absolute atomic E-state index is 9.35. The highest BCUT2D eigenvalue weighted by Crippen LogP contribution is 2.24. The molecule has 0 spiro atoms. The molecule has 0 unspecified atom stereocenters. The molecule has 0 radical (unpaired) electrons. The molecule has 0 aromatic heterocycles. The Morgan fingerprint density at radius 2 is 2.18 bits per heavy atom. The zero-order valence-corrected chi connectivity index (χ0v) is 10.8. The maximum atomic E-state index is 9.35. The molecule has 0 heterocycles. The van der Waals surface area contributed by atoms with Gasteiger partial charge in [0.15, 0.2) is 0 Å². The topological polar surface area (TPSA) is 23.5 Å². The standard InChI is InChI=1S/C15H23NO/c1-4-6-12-16(11-5-2)13(3)14-7-9-15(17)10-8-14/h4,7,9,17H,1,3,5-6,8,10-12H2,2H3. The Morgan fingerprint density at radius 1 is 1.41 bits per heavy atom. The molecule has 0 aromatic rings. The molecule has 1 aliphatic carbocycles. The van der Waals surface area contributed by atoms with Crippen LogP contribution in [0.2, 0.25) is 0 Å². The number of hydrogen-bond donors (Lipinski definition) is 1. The lowest BCUT2D eigenvalue weighted by atomic mass is 10.0. The van der Waals surface area contributed by atoms with Gasteiger partial charge in [-0.15, -0.1) is 6.58 Å². The van der Waals surface area contributed by atoms with Crippen LogP contribution >= 0.6 is 0 Å². The predicted molar refractivity (Wildman–Crippen MR) is 73.8 cm³/mol. The monoisotopic (exact) mass is 233 g/mol. The number of hydrogen-bond acceptors (Lipinski definition) is 2. The Balaban J connectivity index is 2.66. The first kappa shape index (κ1) is 13.6. The zero-order valence-electron chi connectivity index (χ0n) is 10.8. The third kappa shape index (κ3) is 4.14. The summed E-state index contributed by atoms with van der Waals surface area (Å²) in [5, 5.41) is 9.35. The van der Waals surface area contributed by atoms with Crippen LogP contribution in [0, 0.1) is 0 Å². The summed E-state index contributed by atoms with van der Waals surface area (Å²) in [4.78, 5) is 2.31. The van der Waals surface area contributed by atoms with Gasteiger partial charge in [0.2, 0.25) is 0 Å². The molecular weight excluding hydrogens is 210 g/mol. The van der Waals surface area contributed by atoms with Crippen molar-refractivity contribution >= 4 is 0 Å². The Kier molecular flexibility index (Phi) is 5.61. The van der Waals surface area contributed by atoms with E-state index < -0.39 is 0 Å². The Hall–Kier alpha value is -1.44. The van der Waals surface area contributed by atoms with Gasteiger partial charge in [0.1, 0.15) is 0 Å². The average Bonchev–Trinajstić information content (AvgIpc) is 2.34. The van der Waals surface area contributed by atoms with Gasteiger partial charge >= 0.3 is 0 Å². The molecule has 17 heavy (non-hydrogen) atoms. The van der Waals surface area contributed by atoms with E-state index in [0.717, 1.165) is 44.5 Å². The third-order valence-corrected chi connectivity index (χ3v) is 2.98. The van der Waals surface area contributed by atoms with Crippen LogP contribution in [0.3, 0.4) is 0 Å². The summed E-state index contributed by atoms with van der Waals surface area (Å²) in [6, 6.07) is 0. The molecule has 0 aromatic carbocycles. The molecule has 1 rings (SSSR count). The van der Waals surface area contributed by atoms with E-state index in [1.165, 1.54) is 5.57 Å². The van der Waals surface area contributed by atoms with Gasteiger partial charge in [-0.3, -0.25) is 0 Å². The Morgan fingerprint density at radius 3 is 2.71 bits per heavy atom. The van der Waals surface area contributed by atoms with Crippen molar-refractivity contribution in [1.29, 1.82) is 0 Å². The molecule has 0 amide bonds. The van der Waals surface area contributed by atoms with Crippen molar-refractivity contribution < 1.29 is 5.11 Å². The molecule has 1 aliphatic rings. The van der Waals surface area contributed by atoms with E-state index in [2.05, 4.69) is 25.0 Å². The van der Waals surface area contributed by atoms with Crippen LogP contribution < -0.4 is 0 Å². The number of allylic oxidation sites excluding steroid dienone is 4. The molecule has 0 aliphatic heterocycles. The first-order valence-electron chi connectivity index (χ1n) is 6.32. The van der Waals surface area contributed by atoms with E-state index in [-0.39, 0.29) is 0 Å². The van der Waals surface area contributed by atoms with Gasteiger partial charge in [-0.1, -0.05) is 25.7 Å². The highest BCUT2D eigenvalue weighted by atomic mass is 16.3. The fraction of sp³-hybridized carbons (Fsp3) is 0.467. The predicted octanol–water partition coefficient (Wildman–Crippen LogP) is 3.95. The summed E-state index contributed by atoms with van der Waals surface area (Å²) in [6.45, 7) is 12.1. The molecule has 0 saturated carbocycles. The van der Waals surface area contributed by atoms with Crippen LogP contribution in [-0.4, -0.2) is 23.1 Å². The van der Waals surface area contributed by atoms with Gasteiger partial charge in [-0.2, -0.15) is 0 Å². The number of nitrogens with zero attached hydrogens (tertiary/aromatic N) is 1. The van der Waals surface area contributed by atoms with Gasteiger partial charge in [0.05, 0.1) is 5.76 Å². The molecule has 0 bridgehead atoms. The highest BCUT2D eigenvalue weighted by molar-refractivity contribution is 5.34. The van der Waals surface area contributed by atoms with Gasteiger partial charge in [-0.25, -0.2) is 0 Å². The summed E-state index contributed by atoms with van der Waals surface area (Å²) >= 11 is 0. The van der Waals surface area contributed by atoms with Crippen molar-refractivity contribution in [2.24, 2.45) is 0 Å². The summed E-state index contributed by atoms with van der Waals surface area (Å²) < 4.78 is 0. The second kappa shape index (κ2) is 7.00. The highest BCUT2D eigenvalue weighted by Gasteiger charge is 2.13. The second-order valence-electron chi connectivity index (χ2n) is 4.36. The van der Waals surface area contributed by atoms with Crippen molar-refractivity contribution in [3.63, 3.8) is 0 Å². The van der Waals surface area contributed by atoms with E-state index in [9.17, 15) is 5.11 Å². The van der Waals surface area contributed by atoms with E-state index in [1.807, 2.05) is 12.2 Å². The van der Waals surface area contributed by atoms with Crippen LogP contribution in [-0.2, 0) is 0 Å². The van der Waals surface area contributed by atoms with E-state index in [1.54, 1.807) is 6.08 Å². The largest absolute Gasteiger partial charge is 0.512 e. The van der Waals surface area contributed by atoms with Gasteiger partial charge in [-0.05, 0) is 30.9 Å². The summed E-state index contributed by atoms with van der Waals surface area (Å²) in [5.41, 5.74) is 2.33. The van der Waals surface area contributed by atoms with Crippen molar-refractivity contribution in [2.45, 2.75) is 32.6 Å².